The summed E-state index contributed by atoms with van der Waals surface area (Å²) in [6.45, 7) is 3.78. The Labute approximate surface area is 170 Å². The summed E-state index contributed by atoms with van der Waals surface area (Å²) in [4.78, 5) is 26.9. The highest BCUT2D eigenvalue weighted by Gasteiger charge is 2.19. The first-order chi connectivity index (χ1) is 14.4. The van der Waals surface area contributed by atoms with Crippen LogP contribution < -0.4 is 22.3 Å². The Morgan fingerprint density at radius 1 is 1.33 bits per heavy atom. The molecule has 0 radical (unpaired) electrons. The van der Waals surface area contributed by atoms with Crippen molar-refractivity contribution in [3.05, 3.63) is 58.2 Å². The van der Waals surface area contributed by atoms with Gasteiger partial charge >= 0.3 is 0 Å². The van der Waals surface area contributed by atoms with E-state index in [4.69, 9.17) is 16.5 Å². The van der Waals surface area contributed by atoms with Crippen molar-refractivity contribution >= 4 is 22.8 Å². The Kier molecular flexibility index (Phi) is 4.51. The van der Waals surface area contributed by atoms with Crippen LogP contribution in [0.5, 0.6) is 0 Å². The number of H-pyrrole nitrogens is 1. The molecule has 0 fully saturated rings. The molecule has 11 nitrogen and oxygen atoms in total. The van der Waals surface area contributed by atoms with Crippen molar-refractivity contribution in [2.75, 3.05) is 16.8 Å². The standard InChI is InChI=1S/C19H18N10O/c1-9-3-4-29-15(9)14(11-5-13(21)19(30)23-7-11)27-17(28-29)10(2)26-18-12(6-20)16(22)24-8-25-18/h3-5,7-8,10H,21H2,1-2H3,(H,23,30)(H3,22,24,25,26)/t10-/m0/s1. The van der Waals surface area contributed by atoms with Crippen LogP contribution in [0, 0.1) is 18.3 Å². The Bertz CT molecular complexity index is 1360. The lowest BCUT2D eigenvalue weighted by molar-refractivity contribution is 0.728. The maximum atomic E-state index is 11.7. The van der Waals surface area contributed by atoms with Gasteiger partial charge < -0.3 is 21.8 Å². The molecule has 0 bridgehead atoms. The molecular weight excluding hydrogens is 384 g/mol. The van der Waals surface area contributed by atoms with Gasteiger partial charge in [-0.15, -0.1) is 0 Å². The van der Waals surface area contributed by atoms with E-state index in [2.05, 4.69) is 25.4 Å². The summed E-state index contributed by atoms with van der Waals surface area (Å²) < 4.78 is 1.71. The molecule has 0 saturated heterocycles. The normalized spacial score (nSPS) is 11.9. The number of pyridine rings is 1. The van der Waals surface area contributed by atoms with Crippen LogP contribution in [0.25, 0.3) is 16.8 Å². The van der Waals surface area contributed by atoms with E-state index in [-0.39, 0.29) is 22.6 Å². The Morgan fingerprint density at radius 3 is 2.87 bits per heavy atom. The van der Waals surface area contributed by atoms with E-state index in [1.165, 1.54) is 6.33 Å². The fourth-order valence-corrected chi connectivity index (χ4v) is 3.11. The van der Waals surface area contributed by atoms with Crippen molar-refractivity contribution in [2.24, 2.45) is 0 Å². The molecule has 4 rings (SSSR count). The van der Waals surface area contributed by atoms with E-state index in [1.54, 1.807) is 16.8 Å². The number of nitrogens with two attached hydrogens (primary N) is 2. The van der Waals surface area contributed by atoms with Gasteiger partial charge in [0.2, 0.25) is 0 Å². The number of aryl methyl sites for hydroxylation is 1. The highest BCUT2D eigenvalue weighted by molar-refractivity contribution is 5.80. The number of aromatic nitrogens is 6. The number of nitrogens with zero attached hydrogens (tertiary/aromatic N) is 6. The molecule has 0 unspecified atom stereocenters. The average molecular weight is 402 g/mol. The number of fused-ring (bicyclic) bond motifs is 1. The van der Waals surface area contributed by atoms with Gasteiger partial charge in [0.25, 0.3) is 5.56 Å². The molecule has 150 valence electrons. The minimum Gasteiger partial charge on any atom is -0.394 e. The van der Waals surface area contributed by atoms with E-state index in [1.807, 2.05) is 32.2 Å². The zero-order valence-electron chi connectivity index (χ0n) is 16.2. The van der Waals surface area contributed by atoms with Crippen molar-refractivity contribution in [1.29, 1.82) is 5.26 Å². The molecule has 4 heterocycles. The quantitative estimate of drug-likeness (QED) is 0.393. The summed E-state index contributed by atoms with van der Waals surface area (Å²) in [7, 11) is 0. The molecule has 0 aliphatic carbocycles. The zero-order chi connectivity index (χ0) is 21.4. The van der Waals surface area contributed by atoms with Gasteiger partial charge in [-0.1, -0.05) is 0 Å². The number of nitrogens with one attached hydrogen (secondary N) is 2. The van der Waals surface area contributed by atoms with Gasteiger partial charge in [-0.05, 0) is 31.5 Å². The molecule has 0 saturated carbocycles. The van der Waals surface area contributed by atoms with Gasteiger partial charge in [0.15, 0.2) is 5.82 Å². The zero-order valence-corrected chi connectivity index (χ0v) is 16.2. The van der Waals surface area contributed by atoms with E-state index in [0.29, 0.717) is 22.9 Å². The Balaban J connectivity index is 1.83. The number of hydrogen-bond donors (Lipinski definition) is 4. The first-order valence-electron chi connectivity index (χ1n) is 9.00. The number of hydrogen-bond acceptors (Lipinski definition) is 9. The first kappa shape index (κ1) is 18.9. The number of nitriles is 1. The highest BCUT2D eigenvalue weighted by atomic mass is 16.1. The van der Waals surface area contributed by atoms with E-state index in [9.17, 15) is 10.1 Å². The lowest BCUT2D eigenvalue weighted by atomic mass is 10.1. The molecule has 4 aromatic heterocycles. The van der Waals surface area contributed by atoms with E-state index < -0.39 is 6.04 Å². The highest BCUT2D eigenvalue weighted by Crippen LogP contribution is 2.28. The van der Waals surface area contributed by atoms with Gasteiger partial charge in [0.1, 0.15) is 35.3 Å². The third-order valence-corrected chi connectivity index (χ3v) is 4.66. The summed E-state index contributed by atoms with van der Waals surface area (Å²) in [6, 6.07) is 5.07. The molecule has 0 aliphatic rings. The molecule has 4 aromatic rings. The molecule has 11 heteroatoms. The second-order valence-electron chi connectivity index (χ2n) is 6.74. The molecular formula is C19H18N10O. The summed E-state index contributed by atoms with van der Waals surface area (Å²) in [5, 5.41) is 17.0. The number of rotatable bonds is 4. The van der Waals surface area contributed by atoms with Crippen molar-refractivity contribution in [1.82, 2.24) is 29.5 Å². The molecule has 30 heavy (non-hydrogen) atoms. The van der Waals surface area contributed by atoms with Crippen LogP contribution >= 0.6 is 0 Å². The maximum absolute atomic E-state index is 11.7. The smallest absolute Gasteiger partial charge is 0.271 e. The minimum absolute atomic E-state index is 0.0870. The molecule has 1 atom stereocenters. The Hall–Kier alpha value is -4.46. The molecule has 0 amide bonds. The van der Waals surface area contributed by atoms with Crippen molar-refractivity contribution in [2.45, 2.75) is 19.9 Å². The second-order valence-corrected chi connectivity index (χ2v) is 6.74. The van der Waals surface area contributed by atoms with Crippen LogP contribution in [0.1, 0.15) is 29.9 Å². The van der Waals surface area contributed by atoms with Crippen molar-refractivity contribution in [3.8, 4) is 17.3 Å². The van der Waals surface area contributed by atoms with Crippen LogP contribution in [0.4, 0.5) is 17.3 Å². The summed E-state index contributed by atoms with van der Waals surface area (Å²) in [5.41, 5.74) is 14.5. The number of nitrogen functional groups attached to an aromatic ring is 2. The third-order valence-electron chi connectivity index (χ3n) is 4.66. The van der Waals surface area contributed by atoms with Crippen LogP contribution in [-0.2, 0) is 0 Å². The lowest BCUT2D eigenvalue weighted by Crippen LogP contribution is -2.16. The van der Waals surface area contributed by atoms with Gasteiger partial charge in [-0.25, -0.2) is 19.5 Å². The van der Waals surface area contributed by atoms with Crippen LogP contribution in [-0.4, -0.2) is 29.5 Å². The SMILES string of the molecule is Cc1ccn2nc([C@H](C)Nc3ncnc(N)c3C#N)nc(-c3c[nH]c(=O)c(N)c3)c12. The fourth-order valence-electron chi connectivity index (χ4n) is 3.11. The predicted octanol–water partition coefficient (Wildman–Crippen LogP) is 1.39. The molecule has 6 N–H and O–H groups in total. The van der Waals surface area contributed by atoms with Crippen LogP contribution in [0.3, 0.4) is 0 Å². The summed E-state index contributed by atoms with van der Waals surface area (Å²) in [6.07, 6.45) is 4.66. The maximum Gasteiger partial charge on any atom is 0.271 e. The van der Waals surface area contributed by atoms with Gasteiger partial charge in [-0.2, -0.15) is 10.4 Å². The topological polar surface area (TPSA) is 177 Å². The first-order valence-corrected chi connectivity index (χ1v) is 9.00. The minimum atomic E-state index is -0.419. The van der Waals surface area contributed by atoms with Gasteiger partial charge in [0, 0.05) is 18.0 Å². The van der Waals surface area contributed by atoms with Crippen LogP contribution in [0.2, 0.25) is 0 Å². The van der Waals surface area contributed by atoms with Crippen molar-refractivity contribution < 1.29 is 0 Å². The van der Waals surface area contributed by atoms with E-state index in [0.717, 1.165) is 11.1 Å². The van der Waals surface area contributed by atoms with Gasteiger partial charge in [-0.3, -0.25) is 4.79 Å². The Morgan fingerprint density at radius 2 is 2.13 bits per heavy atom. The molecule has 0 aliphatic heterocycles. The summed E-state index contributed by atoms with van der Waals surface area (Å²) >= 11 is 0. The lowest BCUT2D eigenvalue weighted by Gasteiger charge is -2.16. The monoisotopic (exact) mass is 402 g/mol. The number of aromatic amines is 1. The molecule has 0 aromatic carbocycles. The largest absolute Gasteiger partial charge is 0.394 e. The predicted molar refractivity (Wildman–Crippen MR) is 111 cm³/mol. The number of anilines is 3. The fraction of sp³-hybridized carbons (Fsp3) is 0.158. The third kappa shape index (κ3) is 3.16. The van der Waals surface area contributed by atoms with Crippen molar-refractivity contribution in [3.63, 3.8) is 0 Å². The average Bonchev–Trinajstić information content (AvgIpc) is 3.10. The van der Waals surface area contributed by atoms with E-state index >= 15 is 0 Å². The van der Waals surface area contributed by atoms with Gasteiger partial charge in [0.05, 0.1) is 17.2 Å². The summed E-state index contributed by atoms with van der Waals surface area (Å²) in [5.74, 6) is 0.822. The van der Waals surface area contributed by atoms with Crippen LogP contribution in [0.15, 0.2) is 35.6 Å². The second kappa shape index (κ2) is 7.17. The molecule has 0 spiro atoms.